The Morgan fingerprint density at radius 2 is 2.00 bits per heavy atom. The van der Waals surface area contributed by atoms with Gasteiger partial charge in [0.15, 0.2) is 0 Å². The Hall–Kier alpha value is -2.56. The van der Waals surface area contributed by atoms with Gasteiger partial charge in [0, 0.05) is 0 Å². The molecule has 0 aliphatic carbocycles. The second kappa shape index (κ2) is 6.90. The molecule has 5 heteroatoms. The van der Waals surface area contributed by atoms with Crippen LogP contribution in [0.1, 0.15) is 5.56 Å². The highest BCUT2D eigenvalue weighted by atomic mass is 16.5. The summed E-state index contributed by atoms with van der Waals surface area (Å²) in [7, 11) is 0. The summed E-state index contributed by atoms with van der Waals surface area (Å²) in [6.07, 6.45) is 1.61. The maximum Gasteiger partial charge on any atom is 0.412 e. The first-order chi connectivity index (χ1) is 8.63. The Kier molecular flexibility index (Phi) is 5.18. The zero-order valence-electron chi connectivity index (χ0n) is 9.63. The second-order valence-corrected chi connectivity index (χ2v) is 3.31. The van der Waals surface area contributed by atoms with Crippen molar-refractivity contribution in [2.24, 2.45) is 0 Å². The Labute approximate surface area is 104 Å². The number of aliphatic carboxylic acids is 1. The number of alkyl carbamates (subject to hydrolysis) is 1. The number of carbonyl (C=O) groups is 2. The second-order valence-electron chi connectivity index (χ2n) is 3.31. The van der Waals surface area contributed by atoms with E-state index in [-0.39, 0.29) is 12.3 Å². The van der Waals surface area contributed by atoms with Crippen molar-refractivity contribution in [1.29, 1.82) is 0 Å². The lowest BCUT2D eigenvalue weighted by Crippen LogP contribution is -2.27. The number of carboxylic acid groups (broad SMARTS) is 1. The van der Waals surface area contributed by atoms with Gasteiger partial charge in [-0.15, -0.1) is 0 Å². The lowest BCUT2D eigenvalue weighted by molar-refractivity contribution is -0.133. The van der Waals surface area contributed by atoms with Gasteiger partial charge in [0.05, 0.1) is 0 Å². The van der Waals surface area contributed by atoms with Crippen molar-refractivity contribution in [1.82, 2.24) is 5.32 Å². The van der Waals surface area contributed by atoms with Gasteiger partial charge in [0.2, 0.25) is 0 Å². The molecule has 0 bridgehead atoms. The van der Waals surface area contributed by atoms with Crippen LogP contribution in [0.25, 0.3) is 0 Å². The molecule has 0 heterocycles. The van der Waals surface area contributed by atoms with E-state index in [1.165, 1.54) is 12.2 Å². The quantitative estimate of drug-likeness (QED) is 0.617. The van der Waals surface area contributed by atoms with Gasteiger partial charge in [-0.3, -0.25) is 5.32 Å². The minimum absolute atomic E-state index is 0.0770. The summed E-state index contributed by atoms with van der Waals surface area (Å²) in [6.45, 7) is 3.43. The molecule has 0 radical (unpaired) electrons. The van der Waals surface area contributed by atoms with Crippen molar-refractivity contribution in [2.75, 3.05) is 0 Å². The van der Waals surface area contributed by atoms with Crippen molar-refractivity contribution in [2.45, 2.75) is 6.61 Å². The van der Waals surface area contributed by atoms with Crippen molar-refractivity contribution in [3.05, 3.63) is 60.3 Å². The molecule has 0 aromatic heterocycles. The number of allylic oxidation sites excluding steroid dienone is 2. The molecule has 0 aliphatic rings. The van der Waals surface area contributed by atoms with Crippen molar-refractivity contribution in [3.8, 4) is 0 Å². The summed E-state index contributed by atoms with van der Waals surface area (Å²) in [4.78, 5) is 22.0. The third-order valence-corrected chi connectivity index (χ3v) is 1.96. The third-order valence-electron chi connectivity index (χ3n) is 1.96. The molecule has 0 fully saturated rings. The Balaban J connectivity index is 2.49. The minimum Gasteiger partial charge on any atom is -0.477 e. The van der Waals surface area contributed by atoms with Crippen LogP contribution in [0.4, 0.5) is 4.79 Å². The molecule has 1 aromatic carbocycles. The van der Waals surface area contributed by atoms with Crippen LogP contribution in [0.2, 0.25) is 0 Å². The Bertz CT molecular complexity index is 465. The van der Waals surface area contributed by atoms with Gasteiger partial charge in [-0.1, -0.05) is 43.0 Å². The summed E-state index contributed by atoms with van der Waals surface area (Å²) in [5.74, 6) is -1.26. The maximum atomic E-state index is 11.3. The highest BCUT2D eigenvalue weighted by molar-refractivity contribution is 5.91. The molecule has 2 N–H and O–H groups in total. The first-order valence-electron chi connectivity index (χ1n) is 5.17. The molecule has 18 heavy (non-hydrogen) atoms. The normalized spacial score (nSPS) is 10.6. The fourth-order valence-corrected chi connectivity index (χ4v) is 1.15. The number of hydrogen-bond acceptors (Lipinski definition) is 3. The molecular formula is C13H13NO4. The zero-order chi connectivity index (χ0) is 13.4. The number of carbonyl (C=O) groups excluding carboxylic acids is 1. The van der Waals surface area contributed by atoms with Gasteiger partial charge in [0.25, 0.3) is 0 Å². The Morgan fingerprint density at radius 1 is 1.33 bits per heavy atom. The van der Waals surface area contributed by atoms with Gasteiger partial charge in [0.1, 0.15) is 12.3 Å². The number of nitrogens with one attached hydrogen (secondary N) is 1. The van der Waals surface area contributed by atoms with E-state index in [2.05, 4.69) is 11.9 Å². The van der Waals surface area contributed by atoms with Crippen molar-refractivity contribution >= 4 is 12.1 Å². The fraction of sp³-hybridized carbons (Fsp3) is 0.0769. The topological polar surface area (TPSA) is 75.6 Å². The number of rotatable bonds is 5. The molecule has 0 unspecified atom stereocenters. The highest BCUT2D eigenvalue weighted by Gasteiger charge is 2.11. The van der Waals surface area contributed by atoms with Crippen LogP contribution in [0.3, 0.4) is 0 Å². The van der Waals surface area contributed by atoms with E-state index in [1.807, 2.05) is 18.2 Å². The first-order valence-corrected chi connectivity index (χ1v) is 5.17. The molecule has 1 aromatic rings. The van der Waals surface area contributed by atoms with Crippen molar-refractivity contribution < 1.29 is 19.4 Å². The summed E-state index contributed by atoms with van der Waals surface area (Å²) in [6, 6.07) is 9.07. The first kappa shape index (κ1) is 13.5. The Morgan fingerprint density at radius 3 is 2.56 bits per heavy atom. The van der Waals surface area contributed by atoms with Crippen LogP contribution in [-0.2, 0) is 16.1 Å². The fourth-order valence-electron chi connectivity index (χ4n) is 1.15. The molecule has 0 atom stereocenters. The van der Waals surface area contributed by atoms with Crippen molar-refractivity contribution in [3.63, 3.8) is 0 Å². The SMILES string of the molecule is C=C/C=C(\NC(=O)OCc1ccccc1)C(=O)O. The smallest absolute Gasteiger partial charge is 0.412 e. The van der Waals surface area contributed by atoms with Crippen LogP contribution in [-0.4, -0.2) is 17.2 Å². The lowest BCUT2D eigenvalue weighted by atomic mass is 10.2. The largest absolute Gasteiger partial charge is 0.477 e. The predicted octanol–water partition coefficient (Wildman–Crippen LogP) is 2.07. The van der Waals surface area contributed by atoms with Crippen LogP contribution in [0.5, 0.6) is 0 Å². The van der Waals surface area contributed by atoms with Gasteiger partial charge in [-0.25, -0.2) is 9.59 Å². The van der Waals surface area contributed by atoms with E-state index in [0.29, 0.717) is 0 Å². The molecule has 1 rings (SSSR count). The summed E-state index contributed by atoms with van der Waals surface area (Å²) >= 11 is 0. The molecular weight excluding hydrogens is 234 g/mol. The molecule has 0 spiro atoms. The molecule has 0 saturated heterocycles. The average Bonchev–Trinajstić information content (AvgIpc) is 2.37. The van der Waals surface area contributed by atoms with E-state index in [4.69, 9.17) is 9.84 Å². The number of benzene rings is 1. The highest BCUT2D eigenvalue weighted by Crippen LogP contribution is 2.01. The summed E-state index contributed by atoms with van der Waals surface area (Å²) in [5, 5.41) is 10.9. The van der Waals surface area contributed by atoms with E-state index < -0.39 is 12.1 Å². The summed E-state index contributed by atoms with van der Waals surface area (Å²) < 4.78 is 4.87. The van der Waals surface area contributed by atoms with Gasteiger partial charge in [-0.05, 0) is 11.6 Å². The van der Waals surface area contributed by atoms with E-state index in [1.54, 1.807) is 12.1 Å². The minimum atomic E-state index is -1.26. The van der Waals surface area contributed by atoms with Crippen LogP contribution in [0, 0.1) is 0 Å². The van der Waals surface area contributed by atoms with Gasteiger partial charge >= 0.3 is 12.1 Å². The van der Waals surface area contributed by atoms with E-state index in [0.717, 1.165) is 5.56 Å². The number of carboxylic acids is 1. The lowest BCUT2D eigenvalue weighted by Gasteiger charge is -2.07. The standard InChI is InChI=1S/C13H13NO4/c1-2-6-11(12(15)16)14-13(17)18-9-10-7-4-3-5-8-10/h2-8H,1,9H2,(H,14,17)(H,15,16)/b11-6-. The number of amides is 1. The average molecular weight is 247 g/mol. The number of ether oxygens (including phenoxy) is 1. The predicted molar refractivity (Wildman–Crippen MR) is 65.7 cm³/mol. The summed E-state index contributed by atoms with van der Waals surface area (Å²) in [5.41, 5.74) is 0.528. The van der Waals surface area contributed by atoms with Crippen LogP contribution in [0.15, 0.2) is 54.8 Å². The number of hydrogen-bond donors (Lipinski definition) is 2. The molecule has 94 valence electrons. The van der Waals surface area contributed by atoms with Crippen LogP contribution >= 0.6 is 0 Å². The van der Waals surface area contributed by atoms with E-state index >= 15 is 0 Å². The maximum absolute atomic E-state index is 11.3. The molecule has 0 saturated carbocycles. The molecule has 0 aliphatic heterocycles. The third kappa shape index (κ3) is 4.52. The van der Waals surface area contributed by atoms with Crippen LogP contribution < -0.4 is 5.32 Å². The molecule has 1 amide bonds. The molecule has 5 nitrogen and oxygen atoms in total. The van der Waals surface area contributed by atoms with Gasteiger partial charge in [-0.2, -0.15) is 0 Å². The van der Waals surface area contributed by atoms with E-state index in [9.17, 15) is 9.59 Å². The van der Waals surface area contributed by atoms with Gasteiger partial charge < -0.3 is 9.84 Å². The zero-order valence-corrected chi connectivity index (χ0v) is 9.63. The monoisotopic (exact) mass is 247 g/mol.